The van der Waals surface area contributed by atoms with Crippen molar-refractivity contribution in [3.05, 3.63) is 29.6 Å². The Balaban J connectivity index is 1.80. The second-order valence-corrected chi connectivity index (χ2v) is 5.02. The summed E-state index contributed by atoms with van der Waals surface area (Å²) in [5, 5.41) is 3.41. The highest BCUT2D eigenvalue weighted by atomic mass is 19.1. The molecule has 2 heterocycles. The molecule has 2 aliphatic rings. The average molecular weight is 264 g/mol. The number of amides is 1. The summed E-state index contributed by atoms with van der Waals surface area (Å²) >= 11 is 0. The summed E-state index contributed by atoms with van der Waals surface area (Å²) in [4.78, 5) is 13.5. The molecule has 1 fully saturated rings. The number of anilines is 1. The van der Waals surface area contributed by atoms with Crippen molar-refractivity contribution in [2.24, 2.45) is 0 Å². The van der Waals surface area contributed by atoms with Crippen LogP contribution < -0.4 is 5.32 Å². The van der Waals surface area contributed by atoms with E-state index in [4.69, 9.17) is 4.74 Å². The van der Waals surface area contributed by atoms with Crippen LogP contribution in [-0.4, -0.2) is 36.7 Å². The highest BCUT2D eigenvalue weighted by molar-refractivity contribution is 5.69. The van der Waals surface area contributed by atoms with Crippen LogP contribution in [0.5, 0.6) is 0 Å². The first kappa shape index (κ1) is 12.3. The quantitative estimate of drug-likeness (QED) is 0.847. The Morgan fingerprint density at radius 2 is 2.42 bits per heavy atom. The number of fused-ring (bicyclic) bond motifs is 3. The maximum absolute atomic E-state index is 13.4. The molecule has 0 aromatic heterocycles. The monoisotopic (exact) mass is 264 g/mol. The predicted molar refractivity (Wildman–Crippen MR) is 69.8 cm³/mol. The van der Waals surface area contributed by atoms with Gasteiger partial charge in [0.05, 0.1) is 6.61 Å². The van der Waals surface area contributed by atoms with Crippen LogP contribution in [0, 0.1) is 5.82 Å². The molecule has 1 amide bonds. The van der Waals surface area contributed by atoms with Gasteiger partial charge in [-0.3, -0.25) is 0 Å². The van der Waals surface area contributed by atoms with Gasteiger partial charge < -0.3 is 15.0 Å². The van der Waals surface area contributed by atoms with Crippen molar-refractivity contribution in [2.45, 2.75) is 25.3 Å². The number of hydrogen-bond acceptors (Lipinski definition) is 3. The van der Waals surface area contributed by atoms with Crippen molar-refractivity contribution >= 4 is 11.8 Å². The first-order valence-electron chi connectivity index (χ1n) is 6.66. The first-order valence-corrected chi connectivity index (χ1v) is 6.66. The van der Waals surface area contributed by atoms with E-state index < -0.39 is 0 Å². The molecule has 0 aliphatic carbocycles. The number of benzene rings is 1. The van der Waals surface area contributed by atoms with Crippen LogP contribution in [-0.2, 0) is 4.74 Å². The Morgan fingerprint density at radius 3 is 3.21 bits per heavy atom. The number of nitrogens with zero attached hydrogens (tertiary/aromatic N) is 1. The van der Waals surface area contributed by atoms with Crippen molar-refractivity contribution in [3.8, 4) is 0 Å². The minimum Gasteiger partial charge on any atom is -0.450 e. The number of nitrogens with one attached hydrogen (secondary N) is 1. The maximum Gasteiger partial charge on any atom is 0.409 e. The minimum absolute atomic E-state index is 0.156. The lowest BCUT2D eigenvalue weighted by atomic mass is 9.89. The van der Waals surface area contributed by atoms with Crippen LogP contribution >= 0.6 is 0 Å². The van der Waals surface area contributed by atoms with Gasteiger partial charge in [-0.25, -0.2) is 9.18 Å². The standard InChI is InChI=1S/C14H17FN2O2/c1-2-19-14(18)17-6-5-13-11(8-17)10-7-9(15)3-4-12(10)16-13/h3-4,7,11,13,16H,2,5-6,8H2,1H3/t11-,13+/m0/s1. The SMILES string of the molecule is CCOC(=O)N1CC[C@H]2Nc3ccc(F)cc3[C@@H]2C1. The van der Waals surface area contributed by atoms with E-state index in [1.165, 1.54) is 6.07 Å². The smallest absolute Gasteiger partial charge is 0.409 e. The highest BCUT2D eigenvalue weighted by Gasteiger charge is 2.38. The summed E-state index contributed by atoms with van der Waals surface area (Å²) in [6.07, 6.45) is 0.588. The van der Waals surface area contributed by atoms with Gasteiger partial charge in [0.15, 0.2) is 0 Å². The number of piperidine rings is 1. The Labute approximate surface area is 111 Å². The zero-order valence-corrected chi connectivity index (χ0v) is 10.9. The van der Waals surface area contributed by atoms with Gasteiger partial charge in [-0.1, -0.05) is 0 Å². The molecule has 2 aliphatic heterocycles. The molecular formula is C14H17FN2O2. The number of halogens is 1. The molecule has 102 valence electrons. The fraction of sp³-hybridized carbons (Fsp3) is 0.500. The Bertz CT molecular complexity index is 506. The number of carbonyl (C=O) groups excluding carboxylic acids is 1. The molecule has 0 bridgehead atoms. The zero-order valence-electron chi connectivity index (χ0n) is 10.9. The van der Waals surface area contributed by atoms with Crippen LogP contribution in [0.15, 0.2) is 18.2 Å². The van der Waals surface area contributed by atoms with Gasteiger partial charge in [0, 0.05) is 30.7 Å². The normalized spacial score (nSPS) is 24.4. The molecule has 19 heavy (non-hydrogen) atoms. The molecule has 3 rings (SSSR count). The molecular weight excluding hydrogens is 247 g/mol. The molecule has 1 aromatic carbocycles. The fourth-order valence-electron chi connectivity index (χ4n) is 2.99. The van der Waals surface area contributed by atoms with Gasteiger partial charge in [-0.15, -0.1) is 0 Å². The Kier molecular flexibility index (Phi) is 3.05. The lowest BCUT2D eigenvalue weighted by molar-refractivity contribution is 0.0949. The number of hydrogen-bond donors (Lipinski definition) is 1. The number of rotatable bonds is 1. The molecule has 5 heteroatoms. The van der Waals surface area contributed by atoms with Crippen molar-refractivity contribution < 1.29 is 13.9 Å². The predicted octanol–water partition coefficient (Wildman–Crippen LogP) is 2.57. The van der Waals surface area contributed by atoms with Crippen LogP contribution in [0.1, 0.15) is 24.8 Å². The summed E-state index contributed by atoms with van der Waals surface area (Å²) in [6, 6.07) is 5.11. The number of carbonyl (C=O) groups is 1. The van der Waals surface area contributed by atoms with Gasteiger partial charge in [0.1, 0.15) is 5.82 Å². The van der Waals surface area contributed by atoms with E-state index in [1.54, 1.807) is 24.0 Å². The van der Waals surface area contributed by atoms with Gasteiger partial charge in [-0.05, 0) is 37.1 Å². The van der Waals surface area contributed by atoms with E-state index in [0.29, 0.717) is 25.7 Å². The van der Waals surface area contributed by atoms with Crippen molar-refractivity contribution in [3.63, 3.8) is 0 Å². The Hall–Kier alpha value is -1.78. The average Bonchev–Trinajstić information content (AvgIpc) is 2.76. The molecule has 0 radical (unpaired) electrons. The third-order valence-corrected chi connectivity index (χ3v) is 3.89. The topological polar surface area (TPSA) is 41.6 Å². The summed E-state index contributed by atoms with van der Waals surface area (Å²) in [6.45, 7) is 3.45. The van der Waals surface area contributed by atoms with E-state index in [-0.39, 0.29) is 17.8 Å². The lowest BCUT2D eigenvalue weighted by Crippen LogP contribution is -2.45. The highest BCUT2D eigenvalue weighted by Crippen LogP contribution is 2.40. The molecule has 4 nitrogen and oxygen atoms in total. The summed E-state index contributed by atoms with van der Waals surface area (Å²) < 4.78 is 18.4. The van der Waals surface area contributed by atoms with E-state index in [2.05, 4.69) is 5.32 Å². The lowest BCUT2D eigenvalue weighted by Gasteiger charge is -2.34. The number of ether oxygens (including phenoxy) is 1. The molecule has 1 saturated heterocycles. The van der Waals surface area contributed by atoms with Gasteiger partial charge in [0.25, 0.3) is 0 Å². The molecule has 0 saturated carbocycles. The zero-order chi connectivity index (χ0) is 13.4. The van der Waals surface area contributed by atoms with E-state index in [9.17, 15) is 9.18 Å². The van der Waals surface area contributed by atoms with Crippen molar-refractivity contribution in [2.75, 3.05) is 25.0 Å². The van der Waals surface area contributed by atoms with E-state index >= 15 is 0 Å². The fourth-order valence-corrected chi connectivity index (χ4v) is 2.99. The van der Waals surface area contributed by atoms with Gasteiger partial charge >= 0.3 is 6.09 Å². The second-order valence-electron chi connectivity index (χ2n) is 5.02. The summed E-state index contributed by atoms with van der Waals surface area (Å²) in [5.41, 5.74) is 1.96. The third-order valence-electron chi connectivity index (χ3n) is 3.89. The van der Waals surface area contributed by atoms with Gasteiger partial charge in [-0.2, -0.15) is 0 Å². The molecule has 2 atom stereocenters. The largest absolute Gasteiger partial charge is 0.450 e. The second kappa shape index (κ2) is 4.72. The molecule has 1 N–H and O–H groups in total. The van der Waals surface area contributed by atoms with Gasteiger partial charge in [0.2, 0.25) is 0 Å². The third kappa shape index (κ3) is 2.13. The van der Waals surface area contributed by atoms with Crippen LogP contribution in [0.4, 0.5) is 14.9 Å². The van der Waals surface area contributed by atoms with E-state index in [1.807, 2.05) is 0 Å². The molecule has 0 spiro atoms. The van der Waals surface area contributed by atoms with Crippen molar-refractivity contribution in [1.82, 2.24) is 4.90 Å². The van der Waals surface area contributed by atoms with E-state index in [0.717, 1.165) is 17.7 Å². The molecule has 0 unspecified atom stereocenters. The van der Waals surface area contributed by atoms with Crippen molar-refractivity contribution in [1.29, 1.82) is 0 Å². The Morgan fingerprint density at radius 1 is 1.58 bits per heavy atom. The summed E-state index contributed by atoms with van der Waals surface area (Å²) in [5.74, 6) is -0.0710. The summed E-state index contributed by atoms with van der Waals surface area (Å²) in [7, 11) is 0. The maximum atomic E-state index is 13.4. The van der Waals surface area contributed by atoms with Crippen LogP contribution in [0.3, 0.4) is 0 Å². The van der Waals surface area contributed by atoms with Crippen LogP contribution in [0.25, 0.3) is 0 Å². The first-order chi connectivity index (χ1) is 9.19. The molecule has 1 aromatic rings. The number of likely N-dealkylation sites (tertiary alicyclic amines) is 1. The van der Waals surface area contributed by atoms with Crippen LogP contribution in [0.2, 0.25) is 0 Å². The minimum atomic E-state index is -0.272.